The third-order valence-corrected chi connectivity index (χ3v) is 5.09. The van der Waals surface area contributed by atoms with Crippen LogP contribution in [-0.2, 0) is 21.2 Å². The van der Waals surface area contributed by atoms with Crippen molar-refractivity contribution in [2.45, 2.75) is 11.5 Å². The van der Waals surface area contributed by atoms with Gasteiger partial charge < -0.3 is 18.7 Å². The highest BCUT2D eigenvalue weighted by Crippen LogP contribution is 2.31. The van der Waals surface area contributed by atoms with Crippen LogP contribution in [-0.4, -0.2) is 45.0 Å². The van der Waals surface area contributed by atoms with Crippen LogP contribution >= 0.6 is 0 Å². The number of hydrogen-bond acceptors (Lipinski definition) is 9. The van der Waals surface area contributed by atoms with Crippen LogP contribution in [0.3, 0.4) is 0 Å². The zero-order valence-electron chi connectivity index (χ0n) is 15.9. The summed E-state index contributed by atoms with van der Waals surface area (Å²) in [5, 5.41) is 3.87. The van der Waals surface area contributed by atoms with Gasteiger partial charge in [-0.1, -0.05) is 5.16 Å². The van der Waals surface area contributed by atoms with E-state index in [-0.39, 0.29) is 28.8 Å². The van der Waals surface area contributed by atoms with Crippen LogP contribution in [0.4, 0.5) is 0 Å². The molecular formula is C19H18N2O7S. The second kappa shape index (κ2) is 8.31. The molecule has 1 heterocycles. The van der Waals surface area contributed by atoms with Crippen molar-refractivity contribution in [3.8, 4) is 22.9 Å². The van der Waals surface area contributed by atoms with Gasteiger partial charge in [-0.05, 0) is 36.4 Å². The Hall–Kier alpha value is -3.40. The Labute approximate surface area is 167 Å². The summed E-state index contributed by atoms with van der Waals surface area (Å²) < 4.78 is 43.7. The number of hydrogen-bond donors (Lipinski definition) is 0. The average molecular weight is 418 g/mol. The molecule has 0 saturated carbocycles. The number of methoxy groups -OCH3 is 2. The van der Waals surface area contributed by atoms with Crippen LogP contribution in [0.15, 0.2) is 51.9 Å². The predicted octanol–water partition coefficient (Wildman–Crippen LogP) is 2.51. The fraction of sp³-hybridized carbons (Fsp3) is 0.211. The molecule has 0 unspecified atom stereocenters. The first kappa shape index (κ1) is 20.3. The van der Waals surface area contributed by atoms with E-state index >= 15 is 0 Å². The molecule has 3 aromatic rings. The largest absolute Gasteiger partial charge is 0.497 e. The average Bonchev–Trinajstić information content (AvgIpc) is 3.19. The summed E-state index contributed by atoms with van der Waals surface area (Å²) in [7, 11) is -0.282. The standard InChI is InChI=1S/C19H18N2O7S/c1-25-13-6-9-15(16(10-13)26-2)18-20-17(28-21-18)11-27-19(22)12-4-7-14(8-5-12)29(3,23)24/h4-10H,11H2,1-3H3. The molecule has 0 aliphatic heterocycles. The van der Waals surface area contributed by atoms with Crippen molar-refractivity contribution >= 4 is 15.8 Å². The van der Waals surface area contributed by atoms with Crippen molar-refractivity contribution in [2.75, 3.05) is 20.5 Å². The molecule has 0 aliphatic rings. The predicted molar refractivity (Wildman–Crippen MR) is 102 cm³/mol. The van der Waals surface area contributed by atoms with E-state index in [0.717, 1.165) is 6.26 Å². The van der Waals surface area contributed by atoms with E-state index in [9.17, 15) is 13.2 Å². The highest BCUT2D eigenvalue weighted by atomic mass is 32.2. The number of nitrogens with zero attached hydrogens (tertiary/aromatic N) is 2. The minimum absolute atomic E-state index is 0.0963. The summed E-state index contributed by atoms with van der Waals surface area (Å²) in [6, 6.07) is 10.6. The lowest BCUT2D eigenvalue weighted by atomic mass is 10.2. The first-order chi connectivity index (χ1) is 13.8. The molecule has 0 atom stereocenters. The number of carbonyl (C=O) groups excluding carboxylic acids is 1. The first-order valence-electron chi connectivity index (χ1n) is 8.34. The van der Waals surface area contributed by atoms with E-state index in [0.29, 0.717) is 17.1 Å². The van der Waals surface area contributed by atoms with Crippen LogP contribution in [0.2, 0.25) is 0 Å². The van der Waals surface area contributed by atoms with Crippen molar-refractivity contribution in [3.63, 3.8) is 0 Å². The highest BCUT2D eigenvalue weighted by molar-refractivity contribution is 7.90. The lowest BCUT2D eigenvalue weighted by Crippen LogP contribution is -2.06. The maximum absolute atomic E-state index is 12.1. The van der Waals surface area contributed by atoms with Gasteiger partial charge >= 0.3 is 5.97 Å². The summed E-state index contributed by atoms with van der Waals surface area (Å²) in [6.07, 6.45) is 1.09. The fourth-order valence-corrected chi connectivity index (χ4v) is 3.09. The van der Waals surface area contributed by atoms with E-state index in [2.05, 4.69) is 10.1 Å². The molecule has 0 N–H and O–H groups in total. The number of aromatic nitrogens is 2. The molecule has 3 rings (SSSR count). The Bertz CT molecular complexity index is 1120. The van der Waals surface area contributed by atoms with E-state index < -0.39 is 15.8 Å². The third kappa shape index (κ3) is 4.72. The molecule has 29 heavy (non-hydrogen) atoms. The first-order valence-corrected chi connectivity index (χ1v) is 10.2. The third-order valence-electron chi connectivity index (χ3n) is 3.96. The molecule has 0 radical (unpaired) electrons. The Morgan fingerprint density at radius 2 is 1.79 bits per heavy atom. The fourth-order valence-electron chi connectivity index (χ4n) is 2.45. The van der Waals surface area contributed by atoms with Gasteiger partial charge in [-0.2, -0.15) is 4.98 Å². The van der Waals surface area contributed by atoms with Gasteiger partial charge in [0, 0.05) is 12.3 Å². The van der Waals surface area contributed by atoms with E-state index in [4.69, 9.17) is 18.7 Å². The number of esters is 1. The number of sulfone groups is 1. The summed E-state index contributed by atoms with van der Waals surface area (Å²) >= 11 is 0. The van der Waals surface area contributed by atoms with Gasteiger partial charge in [-0.25, -0.2) is 13.2 Å². The van der Waals surface area contributed by atoms with Crippen LogP contribution in [0.5, 0.6) is 11.5 Å². The van der Waals surface area contributed by atoms with Crippen molar-refractivity contribution in [3.05, 3.63) is 53.9 Å². The zero-order chi connectivity index (χ0) is 21.0. The topological polar surface area (TPSA) is 118 Å². The molecule has 0 saturated heterocycles. The van der Waals surface area contributed by atoms with Crippen molar-refractivity contribution < 1.29 is 31.9 Å². The smallest absolute Gasteiger partial charge is 0.338 e. The Morgan fingerprint density at radius 1 is 1.07 bits per heavy atom. The van der Waals surface area contributed by atoms with Gasteiger partial charge in [0.25, 0.3) is 5.89 Å². The van der Waals surface area contributed by atoms with Gasteiger partial charge in [-0.3, -0.25) is 0 Å². The maximum Gasteiger partial charge on any atom is 0.338 e. The van der Waals surface area contributed by atoms with Crippen LogP contribution < -0.4 is 9.47 Å². The Kier molecular flexibility index (Phi) is 5.83. The molecule has 9 nitrogen and oxygen atoms in total. The maximum atomic E-state index is 12.1. The molecule has 2 aromatic carbocycles. The van der Waals surface area contributed by atoms with Crippen molar-refractivity contribution in [1.29, 1.82) is 0 Å². The minimum Gasteiger partial charge on any atom is -0.497 e. The minimum atomic E-state index is -3.34. The monoisotopic (exact) mass is 418 g/mol. The SMILES string of the molecule is COc1ccc(-c2noc(COC(=O)c3ccc(S(C)(=O)=O)cc3)n2)c(OC)c1. The summed E-state index contributed by atoms with van der Waals surface area (Å²) in [4.78, 5) is 16.4. The van der Waals surface area contributed by atoms with Crippen molar-refractivity contribution in [1.82, 2.24) is 10.1 Å². The van der Waals surface area contributed by atoms with Crippen LogP contribution in [0, 0.1) is 0 Å². The second-order valence-corrected chi connectivity index (χ2v) is 7.97. The summed E-state index contributed by atoms with van der Waals surface area (Å²) in [6.45, 7) is -0.238. The van der Waals surface area contributed by atoms with Gasteiger partial charge in [0.05, 0.1) is 30.2 Å². The normalized spacial score (nSPS) is 11.1. The number of carbonyl (C=O) groups is 1. The van der Waals surface area contributed by atoms with Crippen molar-refractivity contribution in [2.24, 2.45) is 0 Å². The Morgan fingerprint density at radius 3 is 2.41 bits per heavy atom. The second-order valence-electron chi connectivity index (χ2n) is 5.95. The number of ether oxygens (including phenoxy) is 3. The molecule has 0 spiro atoms. The molecule has 0 amide bonds. The number of benzene rings is 2. The van der Waals surface area contributed by atoms with Gasteiger partial charge in [0.15, 0.2) is 16.4 Å². The molecule has 10 heteroatoms. The van der Waals surface area contributed by atoms with Gasteiger partial charge in [-0.15, -0.1) is 0 Å². The molecule has 0 aliphatic carbocycles. The van der Waals surface area contributed by atoms with Gasteiger partial charge in [0.2, 0.25) is 5.82 Å². The lowest BCUT2D eigenvalue weighted by Gasteiger charge is -2.07. The molecule has 152 valence electrons. The molecular weight excluding hydrogens is 400 g/mol. The Balaban J connectivity index is 1.69. The lowest BCUT2D eigenvalue weighted by molar-refractivity contribution is 0.0429. The quantitative estimate of drug-likeness (QED) is 0.533. The van der Waals surface area contributed by atoms with Gasteiger partial charge in [0.1, 0.15) is 11.5 Å². The molecule has 1 aromatic heterocycles. The van der Waals surface area contributed by atoms with E-state index in [1.165, 1.54) is 31.4 Å². The van der Waals surface area contributed by atoms with E-state index in [1.54, 1.807) is 25.3 Å². The van der Waals surface area contributed by atoms with Crippen LogP contribution in [0.1, 0.15) is 16.2 Å². The highest BCUT2D eigenvalue weighted by Gasteiger charge is 2.16. The summed E-state index contributed by atoms with van der Waals surface area (Å²) in [5.41, 5.74) is 0.792. The van der Waals surface area contributed by atoms with Crippen LogP contribution in [0.25, 0.3) is 11.4 Å². The zero-order valence-corrected chi connectivity index (χ0v) is 16.7. The van der Waals surface area contributed by atoms with E-state index in [1.807, 2.05) is 0 Å². The molecule has 0 bridgehead atoms. The number of rotatable bonds is 7. The molecule has 0 fully saturated rings. The summed E-state index contributed by atoms with van der Waals surface area (Å²) in [5.74, 6) is 0.837.